The molecule has 22 heavy (non-hydrogen) atoms. The van der Waals surface area contributed by atoms with Crippen LogP contribution in [-0.4, -0.2) is 18.1 Å². The fraction of sp³-hybridized carbons (Fsp3) is 0.333. The van der Waals surface area contributed by atoms with Gasteiger partial charge in [0.15, 0.2) is 0 Å². The largest absolute Gasteiger partial charge is 0.354 e. The van der Waals surface area contributed by atoms with E-state index in [-0.39, 0.29) is 5.41 Å². The van der Waals surface area contributed by atoms with Crippen molar-refractivity contribution in [2.24, 2.45) is 5.92 Å². The van der Waals surface area contributed by atoms with E-state index >= 15 is 0 Å². The average Bonchev–Trinajstić information content (AvgIpc) is 3.09. The maximum absolute atomic E-state index is 9.35. The molecule has 2 atom stereocenters. The number of benzene rings is 1. The van der Waals surface area contributed by atoms with E-state index in [2.05, 4.69) is 63.1 Å². The number of halogens is 1. The minimum absolute atomic E-state index is 0.273. The summed E-state index contributed by atoms with van der Waals surface area (Å²) in [5.41, 5.74) is 3.65. The highest BCUT2D eigenvalue weighted by molar-refractivity contribution is 9.10. The second kappa shape index (κ2) is 4.82. The summed E-state index contributed by atoms with van der Waals surface area (Å²) in [7, 11) is 0. The van der Waals surface area contributed by atoms with Crippen LogP contribution in [0.4, 0.5) is 5.82 Å². The summed E-state index contributed by atoms with van der Waals surface area (Å²) >= 11 is 3.39. The van der Waals surface area contributed by atoms with Crippen LogP contribution in [0.2, 0.25) is 0 Å². The number of nitriles is 1. The molecule has 4 rings (SSSR count). The van der Waals surface area contributed by atoms with Crippen molar-refractivity contribution in [1.29, 1.82) is 5.26 Å². The van der Waals surface area contributed by atoms with Crippen LogP contribution in [0.15, 0.2) is 41.0 Å². The van der Waals surface area contributed by atoms with E-state index < -0.39 is 0 Å². The van der Waals surface area contributed by atoms with Crippen LogP contribution in [0.3, 0.4) is 0 Å². The number of hydrogen-bond donors (Lipinski definition) is 0. The van der Waals surface area contributed by atoms with Gasteiger partial charge in [-0.05, 0) is 46.8 Å². The number of aryl methyl sites for hydroxylation is 1. The molecule has 2 heterocycles. The number of anilines is 1. The lowest BCUT2D eigenvalue weighted by atomic mass is 9.94. The van der Waals surface area contributed by atoms with E-state index in [9.17, 15) is 5.26 Å². The molecule has 4 heteroatoms. The van der Waals surface area contributed by atoms with Crippen LogP contribution >= 0.6 is 15.9 Å². The van der Waals surface area contributed by atoms with Crippen molar-refractivity contribution in [3.05, 3.63) is 57.7 Å². The van der Waals surface area contributed by atoms with E-state index in [1.807, 2.05) is 6.07 Å². The first-order valence-electron chi connectivity index (χ1n) is 7.50. The van der Waals surface area contributed by atoms with Gasteiger partial charge in [0.25, 0.3) is 0 Å². The molecule has 1 aliphatic heterocycles. The van der Waals surface area contributed by atoms with Crippen molar-refractivity contribution < 1.29 is 0 Å². The third kappa shape index (κ3) is 2.04. The van der Waals surface area contributed by atoms with Crippen molar-refractivity contribution >= 4 is 21.7 Å². The molecule has 0 amide bonds. The second-order valence-corrected chi connectivity index (χ2v) is 7.36. The SMILES string of the molecule is Cc1ccc(C23CC2CN(c2ncc(Br)cc2C#N)C3)cc1. The summed E-state index contributed by atoms with van der Waals surface area (Å²) in [5.74, 6) is 1.51. The topological polar surface area (TPSA) is 39.9 Å². The molecule has 0 bridgehead atoms. The zero-order chi connectivity index (χ0) is 15.3. The molecule has 0 N–H and O–H groups in total. The summed E-state index contributed by atoms with van der Waals surface area (Å²) in [6, 6.07) is 13.0. The van der Waals surface area contributed by atoms with Crippen molar-refractivity contribution in [1.82, 2.24) is 4.98 Å². The van der Waals surface area contributed by atoms with Gasteiger partial charge in [0.1, 0.15) is 11.9 Å². The van der Waals surface area contributed by atoms with Crippen molar-refractivity contribution in [3.8, 4) is 6.07 Å². The van der Waals surface area contributed by atoms with E-state index in [1.54, 1.807) is 6.20 Å². The predicted molar refractivity (Wildman–Crippen MR) is 89.8 cm³/mol. The maximum atomic E-state index is 9.35. The van der Waals surface area contributed by atoms with Crippen LogP contribution < -0.4 is 4.90 Å². The molecule has 1 aromatic carbocycles. The van der Waals surface area contributed by atoms with Gasteiger partial charge in [-0.15, -0.1) is 0 Å². The normalized spacial score (nSPS) is 25.7. The summed E-state index contributed by atoms with van der Waals surface area (Å²) in [5, 5.41) is 9.35. The van der Waals surface area contributed by atoms with Crippen molar-refractivity contribution in [3.63, 3.8) is 0 Å². The standard InChI is InChI=1S/C18H16BrN3/c1-12-2-4-14(5-3-12)18-7-15(18)10-22(11-18)17-13(8-20)6-16(19)9-21-17/h2-6,9,15H,7,10-11H2,1H3. The predicted octanol–water partition coefficient (Wildman–Crippen LogP) is 3.80. The molecule has 0 radical (unpaired) electrons. The molecule has 110 valence electrons. The highest BCUT2D eigenvalue weighted by atomic mass is 79.9. The Labute approximate surface area is 138 Å². The Morgan fingerprint density at radius 2 is 2.14 bits per heavy atom. The van der Waals surface area contributed by atoms with Crippen LogP contribution in [-0.2, 0) is 5.41 Å². The molecular formula is C18H16BrN3. The highest BCUT2D eigenvalue weighted by Crippen LogP contribution is 2.59. The first-order valence-corrected chi connectivity index (χ1v) is 8.29. The monoisotopic (exact) mass is 353 g/mol. The van der Waals surface area contributed by atoms with Gasteiger partial charge in [0.2, 0.25) is 0 Å². The highest BCUT2D eigenvalue weighted by Gasteiger charge is 2.61. The minimum atomic E-state index is 0.273. The smallest absolute Gasteiger partial charge is 0.146 e. The van der Waals surface area contributed by atoms with Crippen LogP contribution in [0.25, 0.3) is 0 Å². The summed E-state index contributed by atoms with van der Waals surface area (Å²) in [6.45, 7) is 4.08. The first-order chi connectivity index (χ1) is 10.6. The van der Waals surface area contributed by atoms with Gasteiger partial charge in [-0.3, -0.25) is 0 Å². The fourth-order valence-corrected chi connectivity index (χ4v) is 4.07. The van der Waals surface area contributed by atoms with Gasteiger partial charge in [-0.25, -0.2) is 4.98 Å². The third-order valence-electron chi connectivity index (χ3n) is 5.03. The quantitative estimate of drug-likeness (QED) is 0.824. The molecule has 1 aromatic heterocycles. The first kappa shape index (κ1) is 13.8. The number of aromatic nitrogens is 1. The van der Waals surface area contributed by atoms with Gasteiger partial charge in [-0.2, -0.15) is 5.26 Å². The van der Waals surface area contributed by atoms with Gasteiger partial charge in [0, 0.05) is 29.2 Å². The lowest BCUT2D eigenvalue weighted by Crippen LogP contribution is -2.27. The van der Waals surface area contributed by atoms with Crippen molar-refractivity contribution in [2.75, 3.05) is 18.0 Å². The Morgan fingerprint density at radius 1 is 1.36 bits per heavy atom. The van der Waals surface area contributed by atoms with E-state index in [4.69, 9.17) is 0 Å². The van der Waals surface area contributed by atoms with Gasteiger partial charge in [-0.1, -0.05) is 29.8 Å². The Bertz CT molecular complexity index is 778. The molecular weight excluding hydrogens is 338 g/mol. The molecule has 1 saturated carbocycles. The molecule has 2 aromatic rings. The Balaban J connectivity index is 1.64. The van der Waals surface area contributed by atoms with Gasteiger partial charge < -0.3 is 4.90 Å². The number of piperidine rings is 1. The summed E-state index contributed by atoms with van der Waals surface area (Å²) in [4.78, 5) is 6.76. The molecule has 2 aliphatic rings. The molecule has 1 aliphatic carbocycles. The van der Waals surface area contributed by atoms with Gasteiger partial charge >= 0.3 is 0 Å². The minimum Gasteiger partial charge on any atom is -0.354 e. The van der Waals surface area contributed by atoms with E-state index in [0.29, 0.717) is 11.5 Å². The zero-order valence-electron chi connectivity index (χ0n) is 12.4. The zero-order valence-corrected chi connectivity index (χ0v) is 14.0. The van der Waals surface area contributed by atoms with Crippen LogP contribution in [0, 0.1) is 24.2 Å². The average molecular weight is 354 g/mol. The number of fused-ring (bicyclic) bond motifs is 1. The Hall–Kier alpha value is -1.86. The summed E-state index contributed by atoms with van der Waals surface area (Å²) in [6.07, 6.45) is 3.03. The molecule has 2 unspecified atom stereocenters. The third-order valence-corrected chi connectivity index (χ3v) is 5.46. The summed E-state index contributed by atoms with van der Waals surface area (Å²) < 4.78 is 0.852. The Morgan fingerprint density at radius 3 is 2.86 bits per heavy atom. The number of nitrogens with zero attached hydrogens (tertiary/aromatic N) is 3. The number of rotatable bonds is 2. The lowest BCUT2D eigenvalue weighted by molar-refractivity contribution is 0.712. The lowest BCUT2D eigenvalue weighted by Gasteiger charge is -2.23. The maximum Gasteiger partial charge on any atom is 0.146 e. The molecule has 2 fully saturated rings. The second-order valence-electron chi connectivity index (χ2n) is 6.44. The molecule has 3 nitrogen and oxygen atoms in total. The molecule has 0 spiro atoms. The fourth-order valence-electron chi connectivity index (χ4n) is 3.74. The number of pyridine rings is 1. The molecule has 1 saturated heterocycles. The van der Waals surface area contributed by atoms with E-state index in [0.717, 1.165) is 23.4 Å². The Kier molecular flexibility index (Phi) is 3.02. The van der Waals surface area contributed by atoms with E-state index in [1.165, 1.54) is 17.5 Å². The van der Waals surface area contributed by atoms with Crippen LogP contribution in [0.1, 0.15) is 23.1 Å². The van der Waals surface area contributed by atoms with Gasteiger partial charge in [0.05, 0.1) is 5.56 Å². The van der Waals surface area contributed by atoms with Crippen LogP contribution in [0.5, 0.6) is 0 Å². The number of hydrogen-bond acceptors (Lipinski definition) is 3. The van der Waals surface area contributed by atoms with Crippen molar-refractivity contribution in [2.45, 2.75) is 18.8 Å².